The molecule has 3 rings (SSSR count). The van der Waals surface area contributed by atoms with Gasteiger partial charge in [-0.1, -0.05) is 12.1 Å². The molecule has 8 heteroatoms. The Labute approximate surface area is 177 Å². The third kappa shape index (κ3) is 5.46. The maximum Gasteiger partial charge on any atom is 0.416 e. The highest BCUT2D eigenvalue weighted by Crippen LogP contribution is 2.36. The third-order valence-electron chi connectivity index (χ3n) is 6.31. The van der Waals surface area contributed by atoms with Crippen LogP contribution in [-0.2, 0) is 10.9 Å². The number of benzene rings is 1. The van der Waals surface area contributed by atoms with Gasteiger partial charge in [0, 0.05) is 45.8 Å². The molecule has 2 saturated heterocycles. The maximum atomic E-state index is 12.9. The number of rotatable bonds is 5. The average Bonchev–Trinajstić information content (AvgIpc) is 3.17. The van der Waals surface area contributed by atoms with Gasteiger partial charge >= 0.3 is 6.18 Å². The number of guanidine groups is 1. The largest absolute Gasteiger partial charge is 0.416 e. The number of aliphatic imine (C=N–C) groups is 1. The number of ether oxygens (including phenoxy) is 1. The lowest BCUT2D eigenvalue weighted by molar-refractivity contribution is -0.137. The average molecular weight is 427 g/mol. The Hall–Kier alpha value is -1.80. The number of hydrogen-bond acceptors (Lipinski definition) is 3. The Morgan fingerprint density at radius 1 is 1.20 bits per heavy atom. The molecule has 0 amide bonds. The van der Waals surface area contributed by atoms with Gasteiger partial charge in [-0.05, 0) is 56.5 Å². The van der Waals surface area contributed by atoms with Crippen molar-refractivity contribution in [1.29, 1.82) is 0 Å². The Balaban J connectivity index is 1.66. The number of likely N-dealkylation sites (tertiary alicyclic amines) is 2. The van der Waals surface area contributed by atoms with Crippen LogP contribution in [0.5, 0.6) is 0 Å². The van der Waals surface area contributed by atoms with E-state index in [9.17, 15) is 13.2 Å². The van der Waals surface area contributed by atoms with Crippen LogP contribution >= 0.6 is 0 Å². The summed E-state index contributed by atoms with van der Waals surface area (Å²) in [6, 6.07) is 5.74. The molecule has 1 N–H and O–H groups in total. The second kappa shape index (κ2) is 10.0. The van der Waals surface area contributed by atoms with Crippen molar-refractivity contribution in [3.05, 3.63) is 35.4 Å². The van der Waals surface area contributed by atoms with E-state index in [1.54, 1.807) is 26.3 Å². The summed E-state index contributed by atoms with van der Waals surface area (Å²) in [6.45, 7) is 4.34. The lowest BCUT2D eigenvalue weighted by Crippen LogP contribution is -2.46. The van der Waals surface area contributed by atoms with Crippen molar-refractivity contribution in [3.63, 3.8) is 0 Å². The fraction of sp³-hybridized carbons (Fsp3) is 0.682. The molecule has 1 aromatic carbocycles. The summed E-state index contributed by atoms with van der Waals surface area (Å²) >= 11 is 0. The minimum absolute atomic E-state index is 0.0893. The summed E-state index contributed by atoms with van der Waals surface area (Å²) in [5.41, 5.74) is 0.341. The number of methoxy groups -OCH3 is 1. The van der Waals surface area contributed by atoms with Crippen LogP contribution in [0.2, 0.25) is 0 Å². The Morgan fingerprint density at radius 2 is 1.93 bits per heavy atom. The molecule has 2 aliphatic heterocycles. The van der Waals surface area contributed by atoms with Crippen molar-refractivity contribution in [2.24, 2.45) is 16.8 Å². The number of nitrogens with zero attached hydrogens (tertiary/aromatic N) is 3. The first-order chi connectivity index (χ1) is 14.3. The van der Waals surface area contributed by atoms with Crippen molar-refractivity contribution < 1.29 is 17.9 Å². The summed E-state index contributed by atoms with van der Waals surface area (Å²) < 4.78 is 44.1. The van der Waals surface area contributed by atoms with Crippen LogP contribution < -0.4 is 5.32 Å². The second-order valence-corrected chi connectivity index (χ2v) is 8.43. The van der Waals surface area contributed by atoms with E-state index in [2.05, 4.69) is 27.2 Å². The molecule has 0 spiro atoms. The Morgan fingerprint density at radius 3 is 2.57 bits per heavy atom. The Kier molecular flexibility index (Phi) is 7.63. The SMILES string of the molecule is CN=C(NCC1CCCN(C)C1c1ccc(C(F)(F)F)cc1)N1CCC(COC)C1. The molecule has 3 atom stereocenters. The molecular weight excluding hydrogens is 393 g/mol. The van der Waals surface area contributed by atoms with Gasteiger partial charge in [0.1, 0.15) is 0 Å². The molecule has 0 radical (unpaired) electrons. The van der Waals surface area contributed by atoms with Crippen LogP contribution in [0, 0.1) is 11.8 Å². The van der Waals surface area contributed by atoms with Crippen LogP contribution in [0.15, 0.2) is 29.3 Å². The summed E-state index contributed by atoms with van der Waals surface area (Å²) in [4.78, 5) is 8.98. The molecule has 1 aromatic rings. The van der Waals surface area contributed by atoms with E-state index in [0.717, 1.165) is 63.6 Å². The van der Waals surface area contributed by atoms with Crippen molar-refractivity contribution in [3.8, 4) is 0 Å². The van der Waals surface area contributed by atoms with Crippen molar-refractivity contribution in [1.82, 2.24) is 15.1 Å². The monoisotopic (exact) mass is 426 g/mol. The van der Waals surface area contributed by atoms with Gasteiger partial charge in [-0.3, -0.25) is 9.89 Å². The molecule has 0 aliphatic carbocycles. The highest BCUT2D eigenvalue weighted by Gasteiger charge is 2.34. The molecule has 0 saturated carbocycles. The van der Waals surface area contributed by atoms with Gasteiger partial charge in [-0.2, -0.15) is 13.2 Å². The summed E-state index contributed by atoms with van der Waals surface area (Å²) in [6.07, 6.45) is -1.10. The summed E-state index contributed by atoms with van der Waals surface area (Å²) in [5, 5.41) is 3.53. The van der Waals surface area contributed by atoms with E-state index in [1.165, 1.54) is 12.1 Å². The van der Waals surface area contributed by atoms with Gasteiger partial charge in [0.25, 0.3) is 0 Å². The van der Waals surface area contributed by atoms with Gasteiger partial charge in [-0.25, -0.2) is 0 Å². The van der Waals surface area contributed by atoms with Crippen molar-refractivity contribution in [2.75, 3.05) is 54.0 Å². The number of halogens is 3. The quantitative estimate of drug-likeness (QED) is 0.577. The molecule has 0 bridgehead atoms. The fourth-order valence-electron chi connectivity index (χ4n) is 4.82. The predicted octanol–water partition coefficient (Wildman–Crippen LogP) is 3.63. The van der Waals surface area contributed by atoms with E-state index in [4.69, 9.17) is 4.74 Å². The molecule has 30 heavy (non-hydrogen) atoms. The number of hydrogen-bond donors (Lipinski definition) is 1. The van der Waals surface area contributed by atoms with E-state index in [-0.39, 0.29) is 6.04 Å². The molecular formula is C22H33F3N4O. The van der Waals surface area contributed by atoms with Crippen LogP contribution in [0.3, 0.4) is 0 Å². The molecule has 2 aliphatic rings. The zero-order chi connectivity index (χ0) is 21.7. The Bertz CT molecular complexity index is 707. The lowest BCUT2D eigenvalue weighted by Gasteiger charge is -2.40. The zero-order valence-electron chi connectivity index (χ0n) is 18.1. The minimum atomic E-state index is -4.30. The minimum Gasteiger partial charge on any atom is -0.384 e. The van der Waals surface area contributed by atoms with Crippen molar-refractivity contribution >= 4 is 5.96 Å². The van der Waals surface area contributed by atoms with Gasteiger partial charge in [0.05, 0.1) is 12.2 Å². The first-order valence-corrected chi connectivity index (χ1v) is 10.7. The first-order valence-electron chi connectivity index (χ1n) is 10.7. The number of piperidine rings is 1. The first kappa shape index (κ1) is 22.9. The topological polar surface area (TPSA) is 40.1 Å². The summed E-state index contributed by atoms with van der Waals surface area (Å²) in [7, 11) is 5.59. The van der Waals surface area contributed by atoms with E-state index < -0.39 is 11.7 Å². The van der Waals surface area contributed by atoms with Gasteiger partial charge in [0.15, 0.2) is 5.96 Å². The van der Waals surface area contributed by atoms with Crippen LogP contribution in [-0.4, -0.2) is 69.8 Å². The molecule has 5 nitrogen and oxygen atoms in total. The standard InChI is InChI=1S/C22H33F3N4O/c1-26-21(29-12-10-16(14-29)15-30-3)27-13-18-5-4-11-28(2)20(18)17-6-8-19(9-7-17)22(23,24)25/h6-9,16,18,20H,4-5,10-15H2,1-3H3,(H,26,27). The van der Waals surface area contributed by atoms with Gasteiger partial charge in [-0.15, -0.1) is 0 Å². The lowest BCUT2D eigenvalue weighted by atomic mass is 9.84. The highest BCUT2D eigenvalue weighted by atomic mass is 19.4. The normalized spacial score (nSPS) is 26.3. The smallest absolute Gasteiger partial charge is 0.384 e. The van der Waals surface area contributed by atoms with Gasteiger partial charge < -0.3 is 15.0 Å². The molecule has 3 unspecified atom stereocenters. The maximum absolute atomic E-state index is 12.9. The number of nitrogens with one attached hydrogen (secondary N) is 1. The van der Waals surface area contributed by atoms with E-state index in [0.29, 0.717) is 11.8 Å². The van der Waals surface area contributed by atoms with Gasteiger partial charge in [0.2, 0.25) is 0 Å². The zero-order valence-corrected chi connectivity index (χ0v) is 18.1. The van der Waals surface area contributed by atoms with Crippen molar-refractivity contribution in [2.45, 2.75) is 31.5 Å². The van der Waals surface area contributed by atoms with E-state index >= 15 is 0 Å². The molecule has 0 aromatic heterocycles. The third-order valence-corrected chi connectivity index (χ3v) is 6.31. The predicted molar refractivity (Wildman–Crippen MR) is 112 cm³/mol. The van der Waals surface area contributed by atoms with E-state index in [1.807, 2.05) is 0 Å². The fourth-order valence-corrected chi connectivity index (χ4v) is 4.82. The molecule has 168 valence electrons. The molecule has 2 fully saturated rings. The highest BCUT2D eigenvalue weighted by molar-refractivity contribution is 5.80. The number of alkyl halides is 3. The summed E-state index contributed by atoms with van der Waals surface area (Å²) in [5.74, 6) is 1.72. The second-order valence-electron chi connectivity index (χ2n) is 8.43. The molecule has 2 heterocycles. The van der Waals surface area contributed by atoms with Crippen LogP contribution in [0.1, 0.15) is 36.4 Å². The van der Waals surface area contributed by atoms with Crippen LogP contribution in [0.25, 0.3) is 0 Å². The van der Waals surface area contributed by atoms with Crippen LogP contribution in [0.4, 0.5) is 13.2 Å².